The highest BCUT2D eigenvalue weighted by Crippen LogP contribution is 2.30. The predicted molar refractivity (Wildman–Crippen MR) is 132 cm³/mol. The van der Waals surface area contributed by atoms with Gasteiger partial charge in [-0.3, -0.25) is 9.69 Å². The number of carbonyl (C=O) groups excluding carboxylic acids is 1. The summed E-state index contributed by atoms with van der Waals surface area (Å²) < 4.78 is 1.05. The molecule has 0 saturated carbocycles. The van der Waals surface area contributed by atoms with Crippen LogP contribution >= 0.6 is 27.7 Å². The Hall–Kier alpha value is -2.08. The molecule has 0 radical (unpaired) electrons. The van der Waals surface area contributed by atoms with Crippen LogP contribution in [0.15, 0.2) is 94.3 Å². The third kappa shape index (κ3) is 5.59. The van der Waals surface area contributed by atoms with Gasteiger partial charge in [-0.2, -0.15) is 0 Å². The predicted octanol–water partition coefficient (Wildman–Crippen LogP) is 5.86. The first kappa shape index (κ1) is 22.1. The van der Waals surface area contributed by atoms with Crippen molar-refractivity contribution in [2.75, 3.05) is 26.2 Å². The molecule has 1 heterocycles. The number of benzene rings is 3. The molecule has 5 heteroatoms. The number of hydrogen-bond acceptors (Lipinski definition) is 3. The Bertz CT molecular complexity index is 934. The highest BCUT2D eigenvalue weighted by Gasteiger charge is 2.30. The van der Waals surface area contributed by atoms with E-state index in [1.54, 1.807) is 11.8 Å². The Morgan fingerprint density at radius 3 is 1.84 bits per heavy atom. The minimum Gasteiger partial charge on any atom is -0.339 e. The van der Waals surface area contributed by atoms with Crippen molar-refractivity contribution in [3.8, 4) is 0 Å². The average Bonchev–Trinajstić information content (AvgIpc) is 2.82. The van der Waals surface area contributed by atoms with Gasteiger partial charge in [0.1, 0.15) is 0 Å². The van der Waals surface area contributed by atoms with Crippen LogP contribution in [-0.2, 0) is 4.79 Å². The number of nitrogens with zero attached hydrogens (tertiary/aromatic N) is 2. The van der Waals surface area contributed by atoms with E-state index in [2.05, 4.69) is 93.6 Å². The van der Waals surface area contributed by atoms with Crippen LogP contribution < -0.4 is 0 Å². The molecule has 1 unspecified atom stereocenters. The van der Waals surface area contributed by atoms with Crippen LogP contribution in [0.2, 0.25) is 0 Å². The first-order valence-corrected chi connectivity index (χ1v) is 12.3. The second-order valence-electron chi connectivity index (χ2n) is 7.80. The zero-order chi connectivity index (χ0) is 21.6. The van der Waals surface area contributed by atoms with Crippen molar-refractivity contribution in [3.63, 3.8) is 0 Å². The van der Waals surface area contributed by atoms with Crippen molar-refractivity contribution < 1.29 is 4.79 Å². The summed E-state index contributed by atoms with van der Waals surface area (Å²) in [5.41, 5.74) is 2.60. The van der Waals surface area contributed by atoms with Crippen molar-refractivity contribution in [2.24, 2.45) is 0 Å². The lowest BCUT2D eigenvalue weighted by Gasteiger charge is -2.40. The molecule has 1 saturated heterocycles. The van der Waals surface area contributed by atoms with E-state index < -0.39 is 0 Å². The minimum absolute atomic E-state index is 0.0910. The molecular formula is C26H27BrN2OS. The molecule has 31 heavy (non-hydrogen) atoms. The molecule has 1 atom stereocenters. The molecule has 3 aromatic carbocycles. The number of halogens is 1. The van der Waals surface area contributed by atoms with Gasteiger partial charge in [0, 0.05) is 35.5 Å². The van der Waals surface area contributed by atoms with Gasteiger partial charge in [0.15, 0.2) is 0 Å². The minimum atomic E-state index is -0.0910. The molecule has 1 aliphatic heterocycles. The van der Waals surface area contributed by atoms with E-state index in [1.165, 1.54) is 11.1 Å². The second kappa shape index (κ2) is 10.5. The summed E-state index contributed by atoms with van der Waals surface area (Å²) in [6, 6.07) is 29.7. The van der Waals surface area contributed by atoms with Gasteiger partial charge in [-0.25, -0.2) is 0 Å². The highest BCUT2D eigenvalue weighted by molar-refractivity contribution is 9.10. The Labute approximate surface area is 197 Å². The zero-order valence-electron chi connectivity index (χ0n) is 17.7. The molecule has 0 aliphatic carbocycles. The van der Waals surface area contributed by atoms with Crippen LogP contribution in [0, 0.1) is 0 Å². The van der Waals surface area contributed by atoms with Gasteiger partial charge in [0.25, 0.3) is 0 Å². The van der Waals surface area contributed by atoms with E-state index in [0.717, 1.165) is 35.5 Å². The van der Waals surface area contributed by atoms with Crippen LogP contribution in [0.4, 0.5) is 0 Å². The number of thioether (sulfide) groups is 1. The number of amides is 1. The Morgan fingerprint density at radius 2 is 1.32 bits per heavy atom. The number of rotatable bonds is 6. The molecule has 1 amide bonds. The van der Waals surface area contributed by atoms with E-state index in [9.17, 15) is 4.79 Å². The van der Waals surface area contributed by atoms with Gasteiger partial charge in [-0.1, -0.05) is 76.6 Å². The number of piperazine rings is 1. The molecule has 160 valence electrons. The molecule has 3 nitrogen and oxygen atoms in total. The first-order chi connectivity index (χ1) is 15.1. The first-order valence-electron chi connectivity index (χ1n) is 10.7. The van der Waals surface area contributed by atoms with Crippen LogP contribution in [0.1, 0.15) is 24.1 Å². The highest BCUT2D eigenvalue weighted by atomic mass is 79.9. The van der Waals surface area contributed by atoms with Crippen LogP contribution in [0.5, 0.6) is 0 Å². The maximum Gasteiger partial charge on any atom is 0.235 e. The Morgan fingerprint density at radius 1 is 0.806 bits per heavy atom. The summed E-state index contributed by atoms with van der Waals surface area (Å²) in [5, 5.41) is -0.0910. The van der Waals surface area contributed by atoms with Crippen molar-refractivity contribution in [1.29, 1.82) is 0 Å². The van der Waals surface area contributed by atoms with Crippen molar-refractivity contribution in [3.05, 3.63) is 101 Å². The third-order valence-electron chi connectivity index (χ3n) is 5.70. The number of carbonyl (C=O) groups is 1. The summed E-state index contributed by atoms with van der Waals surface area (Å²) in [5.74, 6) is 0.226. The average molecular weight is 495 g/mol. The standard InChI is InChI=1S/C26H27BrN2OS/c1-20(31-24-14-12-23(27)13-15-24)26(30)29-18-16-28(17-19-29)25(21-8-4-2-5-9-21)22-10-6-3-7-11-22/h2-15,20,25H,16-19H2,1H3. The fraction of sp³-hybridized carbons (Fsp3) is 0.269. The molecular weight excluding hydrogens is 468 g/mol. The second-order valence-corrected chi connectivity index (χ2v) is 10.1. The van der Waals surface area contributed by atoms with Gasteiger partial charge in [0.2, 0.25) is 5.91 Å². The van der Waals surface area contributed by atoms with Crippen molar-refractivity contribution >= 4 is 33.6 Å². The number of hydrogen-bond donors (Lipinski definition) is 0. The van der Waals surface area contributed by atoms with Crippen LogP contribution in [0.3, 0.4) is 0 Å². The zero-order valence-corrected chi connectivity index (χ0v) is 20.1. The molecule has 4 rings (SSSR count). The van der Waals surface area contributed by atoms with Crippen LogP contribution in [0.25, 0.3) is 0 Å². The largest absolute Gasteiger partial charge is 0.339 e. The molecule has 0 spiro atoms. The smallest absolute Gasteiger partial charge is 0.235 e. The SMILES string of the molecule is CC(Sc1ccc(Br)cc1)C(=O)N1CCN(C(c2ccccc2)c2ccccc2)CC1. The third-order valence-corrected chi connectivity index (χ3v) is 7.32. The monoisotopic (exact) mass is 494 g/mol. The van der Waals surface area contributed by atoms with Gasteiger partial charge in [0.05, 0.1) is 11.3 Å². The van der Waals surface area contributed by atoms with E-state index in [1.807, 2.05) is 24.0 Å². The summed E-state index contributed by atoms with van der Waals surface area (Å²) in [6.45, 7) is 5.28. The molecule has 1 fully saturated rings. The summed E-state index contributed by atoms with van der Waals surface area (Å²) in [4.78, 5) is 18.7. The summed E-state index contributed by atoms with van der Waals surface area (Å²) in [6.07, 6.45) is 0. The lowest BCUT2D eigenvalue weighted by Crippen LogP contribution is -2.51. The van der Waals surface area contributed by atoms with Crippen molar-refractivity contribution in [1.82, 2.24) is 9.80 Å². The van der Waals surface area contributed by atoms with E-state index in [0.29, 0.717) is 0 Å². The molecule has 3 aromatic rings. The fourth-order valence-electron chi connectivity index (χ4n) is 4.11. The quantitative estimate of drug-likeness (QED) is 0.400. The topological polar surface area (TPSA) is 23.6 Å². The normalized spacial score (nSPS) is 15.8. The van der Waals surface area contributed by atoms with Gasteiger partial charge >= 0.3 is 0 Å². The van der Waals surface area contributed by atoms with Gasteiger partial charge in [-0.15, -0.1) is 11.8 Å². The summed E-state index contributed by atoms with van der Waals surface area (Å²) in [7, 11) is 0. The molecule has 0 bridgehead atoms. The maximum atomic E-state index is 13.1. The fourth-order valence-corrected chi connectivity index (χ4v) is 5.33. The Kier molecular flexibility index (Phi) is 7.49. The molecule has 0 aromatic heterocycles. The lowest BCUT2D eigenvalue weighted by molar-refractivity contribution is -0.132. The van der Waals surface area contributed by atoms with E-state index in [4.69, 9.17) is 0 Å². The van der Waals surface area contributed by atoms with E-state index >= 15 is 0 Å². The molecule has 1 aliphatic rings. The molecule has 0 N–H and O–H groups in total. The van der Waals surface area contributed by atoms with E-state index in [-0.39, 0.29) is 17.2 Å². The Balaban J connectivity index is 1.41. The van der Waals surface area contributed by atoms with Crippen LogP contribution in [-0.4, -0.2) is 47.1 Å². The summed E-state index contributed by atoms with van der Waals surface area (Å²) >= 11 is 5.09. The lowest BCUT2D eigenvalue weighted by atomic mass is 9.96. The maximum absolute atomic E-state index is 13.1. The van der Waals surface area contributed by atoms with Gasteiger partial charge < -0.3 is 4.90 Å². The van der Waals surface area contributed by atoms with Gasteiger partial charge in [-0.05, 0) is 42.3 Å². The van der Waals surface area contributed by atoms with Crippen molar-refractivity contribution in [2.45, 2.75) is 23.1 Å².